The fourth-order valence-electron chi connectivity index (χ4n) is 0. The van der Waals surface area contributed by atoms with E-state index in [2.05, 4.69) is 0 Å². The minimum absolute atomic E-state index is 0. The van der Waals surface area contributed by atoms with Gasteiger partial charge in [0.1, 0.15) is 5.62 Å². The summed E-state index contributed by atoms with van der Waals surface area (Å²) in [6.45, 7) is 0. The monoisotopic (exact) mass is 178 g/mol. The molecule has 8 heavy (non-hydrogen) atoms. The second kappa shape index (κ2) is 7.55. The molecule has 0 spiro atoms. The summed E-state index contributed by atoms with van der Waals surface area (Å²) in [5, 5.41) is 0. The van der Waals surface area contributed by atoms with E-state index in [0.717, 1.165) is 0 Å². The summed E-state index contributed by atoms with van der Waals surface area (Å²) in [5.74, 6) is 0. The zero-order valence-corrected chi connectivity index (χ0v) is 10.5. The van der Waals surface area contributed by atoms with E-state index in [1.54, 1.807) is 0 Å². The smallest absolute Gasteiger partial charge is 1.00 e. The second-order valence-corrected chi connectivity index (χ2v) is 3.07. The number of halogens is 1. The van der Waals surface area contributed by atoms with Gasteiger partial charge in [-0.05, 0) is 0 Å². The quantitative estimate of drug-likeness (QED) is 0.239. The maximum atomic E-state index is 9.56. The largest absolute Gasteiger partial charge is 1.00 e. The molecule has 42 valence electrons. The molecule has 0 saturated carbocycles. The van der Waals surface area contributed by atoms with Gasteiger partial charge in [-0.3, -0.25) is 4.57 Å². The van der Waals surface area contributed by atoms with Crippen molar-refractivity contribution in [2.45, 2.75) is 0 Å². The number of alkyl halides is 1. The first-order valence-corrected chi connectivity index (χ1v) is 3.50. The van der Waals surface area contributed by atoms with E-state index in [9.17, 15) is 4.57 Å². The van der Waals surface area contributed by atoms with E-state index in [1.807, 2.05) is 0 Å². The Morgan fingerprint density at radius 2 is 1.62 bits per heavy atom. The third-order valence-electron chi connectivity index (χ3n) is 0.156. The van der Waals surface area contributed by atoms with Gasteiger partial charge in [0.05, 0.1) is 0 Å². The van der Waals surface area contributed by atoms with E-state index in [4.69, 9.17) is 21.4 Å². The van der Waals surface area contributed by atoms with Gasteiger partial charge >= 0.3 is 66.7 Å². The van der Waals surface area contributed by atoms with Crippen LogP contribution in [0.25, 0.3) is 0 Å². The molecule has 0 aromatic heterocycles. The number of rotatable bonds is 1. The van der Waals surface area contributed by atoms with Gasteiger partial charge < -0.3 is 12.6 Å². The fraction of sp³-hybridized carbons (Fsp3) is 1.00. The van der Waals surface area contributed by atoms with Crippen molar-refractivity contribution in [3.63, 3.8) is 0 Å². The van der Waals surface area contributed by atoms with Crippen LogP contribution >= 0.6 is 19.2 Å². The number of hydrogen-bond donors (Lipinski definition) is 2. The van der Waals surface area contributed by atoms with Gasteiger partial charge in [-0.15, -0.1) is 11.6 Å². The van der Waals surface area contributed by atoms with Crippen molar-refractivity contribution in [1.82, 2.24) is 0 Å². The molecular weight excluding hydrogens is 172 g/mol. The van der Waals surface area contributed by atoms with Crippen LogP contribution < -0.4 is 59.1 Å². The Bertz CT molecular complexity index is 88.6. The van der Waals surface area contributed by atoms with Crippen LogP contribution in [0.15, 0.2) is 0 Å². The summed E-state index contributed by atoms with van der Waals surface area (Å²) in [7, 11) is -3.88. The summed E-state index contributed by atoms with van der Waals surface area (Å²) < 4.78 is 9.56. The normalized spacial score (nSPS) is 8.88. The van der Waals surface area contributed by atoms with Gasteiger partial charge in [-0.1, -0.05) is 0 Å². The third-order valence-corrected chi connectivity index (χ3v) is 1.40. The summed E-state index contributed by atoms with van der Waals surface area (Å²) in [6.07, 6.45) is 0. The molecule has 0 aromatic carbocycles. The predicted octanol–water partition coefficient (Wildman–Crippen LogP) is -5.41. The molecule has 0 aliphatic carbocycles. The van der Waals surface area contributed by atoms with Crippen LogP contribution in [0.2, 0.25) is 0 Å². The molecule has 0 aromatic rings. The summed E-state index contributed by atoms with van der Waals surface area (Å²) in [4.78, 5) is 15.6. The van der Waals surface area contributed by atoms with Crippen LogP contribution in [0.3, 0.4) is 0 Å². The van der Waals surface area contributed by atoms with Crippen LogP contribution in [0.4, 0.5) is 0 Å². The molecule has 0 saturated heterocycles. The average Bonchev–Trinajstić information content (AvgIpc) is 1.35. The van der Waals surface area contributed by atoms with Gasteiger partial charge in [0.15, 0.2) is 0 Å². The first-order valence-electron chi connectivity index (χ1n) is 1.17. The molecule has 0 aliphatic rings. The Morgan fingerprint density at radius 1 is 1.50 bits per heavy atom. The van der Waals surface area contributed by atoms with Crippen molar-refractivity contribution in [1.29, 1.82) is 0 Å². The SMILES string of the molecule is O=P(O)(O)CCl.[H-].[H-].[Na+].[Na+]. The molecule has 0 heterocycles. The van der Waals surface area contributed by atoms with Crippen molar-refractivity contribution in [3.8, 4) is 0 Å². The standard InChI is InChI=1S/CH4ClO3P.2Na.2H/c2-1-6(3,4)5;;;;/h1H2,(H2,3,4,5);;;;/q;2*+1;2*-1. The van der Waals surface area contributed by atoms with E-state index < -0.39 is 13.2 Å². The van der Waals surface area contributed by atoms with Gasteiger partial charge in [0.2, 0.25) is 0 Å². The molecule has 0 atom stereocenters. The molecule has 3 nitrogen and oxygen atoms in total. The Morgan fingerprint density at radius 3 is 1.62 bits per heavy atom. The van der Waals surface area contributed by atoms with Crippen molar-refractivity contribution in [3.05, 3.63) is 0 Å². The maximum absolute atomic E-state index is 9.56. The zero-order valence-electron chi connectivity index (χ0n) is 6.83. The summed E-state index contributed by atoms with van der Waals surface area (Å²) in [6, 6.07) is 0. The minimum Gasteiger partial charge on any atom is -1.00 e. The molecular formula is CH6ClNa2O3P. The zero-order chi connectivity index (χ0) is 5.21. The van der Waals surface area contributed by atoms with Gasteiger partial charge in [0, 0.05) is 0 Å². The fourth-order valence-corrected chi connectivity index (χ4v) is 0. The first kappa shape index (κ1) is 16.8. The van der Waals surface area contributed by atoms with Gasteiger partial charge in [-0.2, -0.15) is 0 Å². The Labute approximate surface area is 99.9 Å². The molecule has 0 aliphatic heterocycles. The van der Waals surface area contributed by atoms with E-state index in [1.165, 1.54) is 0 Å². The Hall–Kier alpha value is 2.44. The van der Waals surface area contributed by atoms with Crippen molar-refractivity contribution in [2.24, 2.45) is 0 Å². The Balaban J connectivity index is -0.0000000208. The van der Waals surface area contributed by atoms with E-state index >= 15 is 0 Å². The molecule has 2 N–H and O–H groups in total. The van der Waals surface area contributed by atoms with E-state index in [0.29, 0.717) is 0 Å². The van der Waals surface area contributed by atoms with Gasteiger partial charge in [0.25, 0.3) is 0 Å². The topological polar surface area (TPSA) is 57.5 Å². The maximum Gasteiger partial charge on any atom is 1.00 e. The van der Waals surface area contributed by atoms with Crippen LogP contribution in [0.1, 0.15) is 2.85 Å². The van der Waals surface area contributed by atoms with Crippen LogP contribution in [0, 0.1) is 0 Å². The summed E-state index contributed by atoms with van der Waals surface area (Å²) in [5.41, 5.74) is -0.590. The molecule has 0 unspecified atom stereocenters. The van der Waals surface area contributed by atoms with Crippen molar-refractivity contribution < 1.29 is 76.3 Å². The average molecular weight is 178 g/mol. The predicted molar refractivity (Wildman–Crippen MR) is 25.0 cm³/mol. The molecule has 7 heteroatoms. The molecule has 0 radical (unpaired) electrons. The Kier molecular flexibility index (Phi) is 15.9. The number of hydrogen-bond acceptors (Lipinski definition) is 1. The van der Waals surface area contributed by atoms with Crippen molar-refractivity contribution >= 4 is 19.2 Å². The van der Waals surface area contributed by atoms with Crippen molar-refractivity contribution in [2.75, 3.05) is 5.62 Å². The molecule has 0 amide bonds. The summed E-state index contributed by atoms with van der Waals surface area (Å²) >= 11 is 4.71. The third kappa shape index (κ3) is 15.8. The van der Waals surface area contributed by atoms with Crippen LogP contribution in [-0.2, 0) is 4.57 Å². The molecule has 0 rings (SSSR count). The first-order chi connectivity index (χ1) is 2.56. The van der Waals surface area contributed by atoms with E-state index in [-0.39, 0.29) is 62.0 Å². The molecule has 0 fully saturated rings. The van der Waals surface area contributed by atoms with Gasteiger partial charge in [-0.25, -0.2) is 0 Å². The second-order valence-electron chi connectivity index (χ2n) is 0.784. The van der Waals surface area contributed by atoms with Crippen LogP contribution in [0.5, 0.6) is 0 Å². The minimum atomic E-state index is -3.88. The molecule has 0 bridgehead atoms. The van der Waals surface area contributed by atoms with Crippen LogP contribution in [-0.4, -0.2) is 15.4 Å².